The van der Waals surface area contributed by atoms with Crippen LogP contribution in [0.1, 0.15) is 37.7 Å². The van der Waals surface area contributed by atoms with E-state index in [9.17, 15) is 29.2 Å². The van der Waals surface area contributed by atoms with Crippen molar-refractivity contribution in [2.75, 3.05) is 12.8 Å². The first-order valence-corrected chi connectivity index (χ1v) is 12.9. The summed E-state index contributed by atoms with van der Waals surface area (Å²) < 4.78 is 25.0. The van der Waals surface area contributed by atoms with Gasteiger partial charge in [0.1, 0.15) is 5.82 Å². The van der Waals surface area contributed by atoms with E-state index >= 15 is 0 Å². The zero-order valence-corrected chi connectivity index (χ0v) is 18.4. The molecule has 0 amide bonds. The normalized spacial score (nSPS) is 27.7. The second kappa shape index (κ2) is 11.9. The number of hydrogen-bond acceptors (Lipinski definition) is 4. The van der Waals surface area contributed by atoms with E-state index in [0.29, 0.717) is 44.1 Å². The summed E-state index contributed by atoms with van der Waals surface area (Å²) in [6, 6.07) is 6.49. The zero-order chi connectivity index (χ0) is 22.1. The Kier molecular flexibility index (Phi) is 9.92. The van der Waals surface area contributed by atoms with E-state index < -0.39 is 25.7 Å². The first kappa shape index (κ1) is 25.0. The largest absolute Gasteiger partial charge is 0.393 e. The van der Waals surface area contributed by atoms with Gasteiger partial charge in [0.25, 0.3) is 0 Å². The van der Waals surface area contributed by atoms with Crippen molar-refractivity contribution in [2.45, 2.75) is 56.8 Å². The summed E-state index contributed by atoms with van der Waals surface area (Å²) in [6.45, 7) is 1.36. The second-order valence-corrected chi connectivity index (χ2v) is 10.9. The van der Waals surface area contributed by atoms with Gasteiger partial charge in [-0.05, 0) is 49.7 Å². The van der Waals surface area contributed by atoms with E-state index in [1.807, 2.05) is 12.2 Å². The topological polar surface area (TPSA) is 98.0 Å². The van der Waals surface area contributed by atoms with Crippen LogP contribution in [0, 0.1) is 17.7 Å². The third-order valence-electron chi connectivity index (χ3n) is 5.66. The molecule has 0 aliphatic heterocycles. The van der Waals surface area contributed by atoms with Gasteiger partial charge >= 0.3 is 0 Å². The number of hydrogen-bond donors (Lipinski definition) is 4. The minimum atomic E-state index is -2.97. The molecule has 168 valence electrons. The maximum Gasteiger partial charge on any atom is 0.197 e. The molecule has 1 aliphatic carbocycles. The van der Waals surface area contributed by atoms with E-state index in [4.69, 9.17) is 0 Å². The lowest BCUT2D eigenvalue weighted by molar-refractivity contribution is 0.120. The molecule has 1 unspecified atom stereocenters. The molecule has 1 fully saturated rings. The highest BCUT2D eigenvalue weighted by Crippen LogP contribution is 2.37. The van der Waals surface area contributed by atoms with Gasteiger partial charge in [0.15, 0.2) is 7.37 Å². The van der Waals surface area contributed by atoms with Gasteiger partial charge in [-0.15, -0.1) is 0 Å². The highest BCUT2D eigenvalue weighted by molar-refractivity contribution is 7.57. The summed E-state index contributed by atoms with van der Waals surface area (Å²) in [5.41, 5.74) is 0.560. The van der Waals surface area contributed by atoms with Crippen LogP contribution in [0.2, 0.25) is 0 Å². The van der Waals surface area contributed by atoms with Crippen molar-refractivity contribution in [1.29, 1.82) is 0 Å². The summed E-state index contributed by atoms with van der Waals surface area (Å²) in [5.74, 6) is -0.696. The molecule has 4 N–H and O–H groups in total. The van der Waals surface area contributed by atoms with Gasteiger partial charge in [0.05, 0.1) is 18.3 Å². The molecule has 0 radical (unpaired) electrons. The molecule has 2 rings (SSSR count). The minimum absolute atomic E-state index is 0.151. The van der Waals surface area contributed by atoms with Crippen molar-refractivity contribution >= 4 is 7.37 Å². The van der Waals surface area contributed by atoms with E-state index in [-0.39, 0.29) is 23.8 Å². The van der Waals surface area contributed by atoms with Gasteiger partial charge in [0, 0.05) is 25.2 Å². The molecule has 6 atom stereocenters. The van der Waals surface area contributed by atoms with Crippen LogP contribution < -0.4 is 0 Å². The van der Waals surface area contributed by atoms with E-state index in [1.165, 1.54) is 12.7 Å². The lowest BCUT2D eigenvalue weighted by Gasteiger charge is -2.19. The highest BCUT2D eigenvalue weighted by atomic mass is 31.2. The molecular weight excluding hydrogens is 406 g/mol. The van der Waals surface area contributed by atoms with Crippen LogP contribution >= 0.6 is 7.37 Å². The number of aliphatic hydroxyl groups excluding tert-OH is 3. The van der Waals surface area contributed by atoms with Crippen molar-refractivity contribution in [3.05, 3.63) is 60.0 Å². The van der Waals surface area contributed by atoms with Crippen LogP contribution in [0.15, 0.2) is 48.6 Å². The average Bonchev–Trinajstić information content (AvgIpc) is 2.94. The van der Waals surface area contributed by atoms with Crippen molar-refractivity contribution in [2.24, 2.45) is 11.8 Å². The lowest BCUT2D eigenvalue weighted by atomic mass is 9.89. The molecule has 5 nitrogen and oxygen atoms in total. The molecule has 7 heteroatoms. The summed E-state index contributed by atoms with van der Waals surface area (Å²) in [7, 11) is -2.97. The Labute approximate surface area is 178 Å². The van der Waals surface area contributed by atoms with Gasteiger partial charge in [-0.3, -0.25) is 4.57 Å². The summed E-state index contributed by atoms with van der Waals surface area (Å²) in [4.78, 5) is 9.29. The monoisotopic (exact) mass is 440 g/mol. The first-order valence-electron chi connectivity index (χ1n) is 10.6. The molecule has 1 aromatic rings. The molecule has 0 aromatic heterocycles. The second-order valence-electron chi connectivity index (χ2n) is 8.32. The number of aliphatic hydroxyl groups is 3. The Morgan fingerprint density at radius 1 is 1.23 bits per heavy atom. The fourth-order valence-corrected chi connectivity index (χ4v) is 4.71. The van der Waals surface area contributed by atoms with Gasteiger partial charge in [0.2, 0.25) is 0 Å². The molecular formula is C23H34FO5P. The minimum Gasteiger partial charge on any atom is -0.393 e. The Morgan fingerprint density at radius 3 is 2.67 bits per heavy atom. The van der Waals surface area contributed by atoms with Crippen LogP contribution in [0.3, 0.4) is 0 Å². The third kappa shape index (κ3) is 8.44. The number of benzene rings is 1. The standard InChI is InChI=1S/C23H34FO5P/c1-30(28,29)15-7-3-2-4-9-19-20(23(27)16-22(19)26)14-13-18(25)12-11-17-8-5-6-10-21(17)24/h2,4-6,8,10,13-14,18-20,22-23,25-27H,3,7,9,11-12,15-16H2,1H3,(H,28,29)/b4-2-,14-13+/t18-,19+,20+,22-,23+/m0/s1. The van der Waals surface area contributed by atoms with Crippen molar-refractivity contribution in [3.63, 3.8) is 0 Å². The van der Waals surface area contributed by atoms with E-state index in [1.54, 1.807) is 30.4 Å². The highest BCUT2D eigenvalue weighted by Gasteiger charge is 2.39. The van der Waals surface area contributed by atoms with Gasteiger partial charge in [-0.25, -0.2) is 4.39 Å². The first-order chi connectivity index (χ1) is 14.2. The maximum atomic E-state index is 13.7. The molecule has 1 saturated carbocycles. The van der Waals surface area contributed by atoms with E-state index in [0.717, 1.165) is 0 Å². The Morgan fingerprint density at radius 2 is 1.97 bits per heavy atom. The van der Waals surface area contributed by atoms with Crippen LogP contribution in [-0.4, -0.2) is 51.4 Å². The molecule has 0 bridgehead atoms. The number of aryl methyl sites for hydroxylation is 1. The molecule has 1 aromatic carbocycles. The average molecular weight is 440 g/mol. The van der Waals surface area contributed by atoms with Crippen LogP contribution in [0.25, 0.3) is 0 Å². The van der Waals surface area contributed by atoms with Crippen molar-refractivity contribution < 1.29 is 29.2 Å². The molecule has 0 heterocycles. The maximum absolute atomic E-state index is 13.7. The predicted octanol–water partition coefficient (Wildman–Crippen LogP) is 3.66. The molecule has 0 saturated heterocycles. The van der Waals surface area contributed by atoms with E-state index in [2.05, 4.69) is 0 Å². The SMILES string of the molecule is CP(=O)(O)CCC/C=C\C[C@@H]1[C@@H](/C=C/[C@@H](O)CCc2ccccc2F)[C@H](O)C[C@@H]1O. The van der Waals surface area contributed by atoms with Gasteiger partial charge in [-0.1, -0.05) is 42.5 Å². The zero-order valence-electron chi connectivity index (χ0n) is 17.5. The fourth-order valence-electron chi connectivity index (χ4n) is 3.94. The Hall–Kier alpha value is -1.30. The Balaban J connectivity index is 1.84. The molecule has 0 spiro atoms. The van der Waals surface area contributed by atoms with Gasteiger partial charge < -0.3 is 20.2 Å². The Bertz CT molecular complexity index is 760. The summed E-state index contributed by atoms with van der Waals surface area (Å²) >= 11 is 0. The van der Waals surface area contributed by atoms with Gasteiger partial charge in [-0.2, -0.15) is 0 Å². The number of halogens is 1. The summed E-state index contributed by atoms with van der Waals surface area (Å²) in [5, 5.41) is 30.8. The predicted molar refractivity (Wildman–Crippen MR) is 117 cm³/mol. The number of allylic oxidation sites excluding steroid dienone is 2. The quantitative estimate of drug-likeness (QED) is 0.239. The lowest BCUT2D eigenvalue weighted by Crippen LogP contribution is -2.20. The molecule has 30 heavy (non-hydrogen) atoms. The van der Waals surface area contributed by atoms with Crippen molar-refractivity contribution in [1.82, 2.24) is 0 Å². The number of unbranched alkanes of at least 4 members (excludes halogenated alkanes) is 1. The molecule has 1 aliphatic rings. The summed E-state index contributed by atoms with van der Waals surface area (Å²) in [6.07, 6.45) is 8.52. The number of rotatable bonds is 11. The van der Waals surface area contributed by atoms with Crippen molar-refractivity contribution in [3.8, 4) is 0 Å². The smallest absolute Gasteiger partial charge is 0.197 e. The fraction of sp³-hybridized carbons (Fsp3) is 0.565. The van der Waals surface area contributed by atoms with Crippen LogP contribution in [0.4, 0.5) is 4.39 Å². The van der Waals surface area contributed by atoms with Crippen LogP contribution in [0.5, 0.6) is 0 Å². The third-order valence-corrected chi connectivity index (χ3v) is 6.80. The van der Waals surface area contributed by atoms with Crippen LogP contribution in [-0.2, 0) is 11.0 Å².